The van der Waals surface area contributed by atoms with Crippen molar-refractivity contribution >= 4 is 11.7 Å². The first-order valence-corrected chi connectivity index (χ1v) is 9.44. The summed E-state index contributed by atoms with van der Waals surface area (Å²) in [5.41, 5.74) is 3.83. The zero-order valence-electron chi connectivity index (χ0n) is 16.3. The van der Waals surface area contributed by atoms with Crippen LogP contribution in [0.25, 0.3) is 11.3 Å². The van der Waals surface area contributed by atoms with Gasteiger partial charge in [-0.2, -0.15) is 0 Å². The van der Waals surface area contributed by atoms with Gasteiger partial charge in [0.25, 0.3) is 0 Å². The van der Waals surface area contributed by atoms with E-state index in [9.17, 15) is 4.79 Å². The molecule has 6 nitrogen and oxygen atoms in total. The minimum atomic E-state index is -0.800. The van der Waals surface area contributed by atoms with Gasteiger partial charge in [-0.1, -0.05) is 59.8 Å². The van der Waals surface area contributed by atoms with Crippen molar-refractivity contribution in [2.45, 2.75) is 26.5 Å². The lowest BCUT2D eigenvalue weighted by atomic mass is 10.1. The number of carbonyl (C=O) groups is 1. The van der Waals surface area contributed by atoms with Gasteiger partial charge in [-0.05, 0) is 30.2 Å². The van der Waals surface area contributed by atoms with Crippen molar-refractivity contribution in [3.05, 3.63) is 83.6 Å². The Kier molecular flexibility index (Phi) is 7.19. The summed E-state index contributed by atoms with van der Waals surface area (Å²) in [6.45, 7) is 3.22. The summed E-state index contributed by atoms with van der Waals surface area (Å²) in [7, 11) is 0. The summed E-state index contributed by atoms with van der Waals surface area (Å²) in [6.07, 6.45) is 0.115. The Balaban J connectivity index is 1.48. The van der Waals surface area contributed by atoms with E-state index in [0.717, 1.165) is 28.2 Å². The second-order valence-electron chi connectivity index (χ2n) is 6.60. The monoisotopic (exact) mass is 392 g/mol. The quantitative estimate of drug-likeness (QED) is 0.302. The van der Waals surface area contributed by atoms with Gasteiger partial charge in [-0.15, -0.1) is 0 Å². The lowest BCUT2D eigenvalue weighted by molar-refractivity contribution is -0.136. The summed E-state index contributed by atoms with van der Waals surface area (Å²) in [5, 5.41) is 15.9. The highest BCUT2D eigenvalue weighted by molar-refractivity contribution is 5.98. The number of aliphatic carboxylic acids is 1. The molecule has 0 bridgehead atoms. The second kappa shape index (κ2) is 10.2. The van der Waals surface area contributed by atoms with Crippen LogP contribution in [0.2, 0.25) is 0 Å². The standard InChI is InChI=1S/C23H24N2O4/c1-17(19-9-7-18(8-10-19)15-24-14-13-23(26)27)25-28-16-21-11-12-22(29-21)20-5-3-2-4-6-20/h2-12,24H,13-16H2,1H3,(H,26,27)/b25-17-. The summed E-state index contributed by atoms with van der Waals surface area (Å²) in [4.78, 5) is 15.9. The fraction of sp³-hybridized carbons (Fsp3) is 0.217. The van der Waals surface area contributed by atoms with Crippen LogP contribution >= 0.6 is 0 Å². The Hall–Kier alpha value is -3.38. The first-order valence-electron chi connectivity index (χ1n) is 9.44. The number of nitrogens with zero attached hydrogens (tertiary/aromatic N) is 1. The van der Waals surface area contributed by atoms with Crippen LogP contribution in [0.5, 0.6) is 0 Å². The average molecular weight is 392 g/mol. The summed E-state index contributed by atoms with van der Waals surface area (Å²) < 4.78 is 5.80. The number of benzene rings is 2. The molecule has 6 heteroatoms. The number of furan rings is 1. The number of rotatable bonds is 10. The lowest BCUT2D eigenvalue weighted by Gasteiger charge is -2.05. The summed E-state index contributed by atoms with van der Waals surface area (Å²) in [6, 6.07) is 21.6. The largest absolute Gasteiger partial charge is 0.481 e. The minimum Gasteiger partial charge on any atom is -0.481 e. The van der Waals surface area contributed by atoms with Gasteiger partial charge in [0.1, 0.15) is 11.5 Å². The molecule has 3 rings (SSSR count). The normalized spacial score (nSPS) is 11.4. The summed E-state index contributed by atoms with van der Waals surface area (Å²) in [5.74, 6) is 0.714. The van der Waals surface area contributed by atoms with E-state index in [1.807, 2.05) is 73.7 Å². The molecule has 0 atom stereocenters. The molecule has 0 aliphatic rings. The van der Waals surface area contributed by atoms with E-state index in [0.29, 0.717) is 18.8 Å². The number of carboxylic acids is 1. The molecule has 0 amide bonds. The number of nitrogens with one attached hydrogen (secondary N) is 1. The smallest absolute Gasteiger partial charge is 0.304 e. The van der Waals surface area contributed by atoms with E-state index < -0.39 is 5.97 Å². The molecular weight excluding hydrogens is 368 g/mol. The topological polar surface area (TPSA) is 84.1 Å². The van der Waals surface area contributed by atoms with E-state index >= 15 is 0 Å². The Bertz CT molecular complexity index is 947. The van der Waals surface area contributed by atoms with Crippen molar-refractivity contribution in [2.75, 3.05) is 6.54 Å². The van der Waals surface area contributed by atoms with E-state index in [1.165, 1.54) is 0 Å². The van der Waals surface area contributed by atoms with Gasteiger partial charge in [0, 0.05) is 18.7 Å². The van der Waals surface area contributed by atoms with Crippen molar-refractivity contribution < 1.29 is 19.2 Å². The highest BCUT2D eigenvalue weighted by Gasteiger charge is 2.05. The maximum atomic E-state index is 10.5. The van der Waals surface area contributed by atoms with Crippen molar-refractivity contribution in [2.24, 2.45) is 5.16 Å². The maximum absolute atomic E-state index is 10.5. The van der Waals surface area contributed by atoms with Gasteiger partial charge in [-0.3, -0.25) is 4.79 Å². The zero-order valence-corrected chi connectivity index (χ0v) is 16.3. The molecule has 1 aromatic heterocycles. The number of oxime groups is 1. The second-order valence-corrected chi connectivity index (χ2v) is 6.60. The highest BCUT2D eigenvalue weighted by Crippen LogP contribution is 2.22. The molecule has 0 unspecified atom stereocenters. The van der Waals surface area contributed by atoms with Gasteiger partial charge in [-0.25, -0.2) is 0 Å². The SMILES string of the molecule is C/C(=N/OCc1ccc(-c2ccccc2)o1)c1ccc(CNCCC(=O)O)cc1. The van der Waals surface area contributed by atoms with Crippen molar-refractivity contribution in [1.29, 1.82) is 0 Å². The van der Waals surface area contributed by atoms with Gasteiger partial charge in [0.05, 0.1) is 12.1 Å². The van der Waals surface area contributed by atoms with E-state index in [4.69, 9.17) is 14.4 Å². The predicted molar refractivity (Wildman–Crippen MR) is 112 cm³/mol. The van der Waals surface area contributed by atoms with Crippen LogP contribution < -0.4 is 5.32 Å². The molecule has 29 heavy (non-hydrogen) atoms. The Labute approximate surface area is 169 Å². The molecule has 0 radical (unpaired) electrons. The van der Waals surface area contributed by atoms with E-state index in [2.05, 4.69) is 10.5 Å². The van der Waals surface area contributed by atoms with Gasteiger partial charge < -0.3 is 19.7 Å². The zero-order chi connectivity index (χ0) is 20.5. The highest BCUT2D eigenvalue weighted by atomic mass is 16.6. The Morgan fingerprint density at radius 2 is 1.83 bits per heavy atom. The van der Waals surface area contributed by atoms with Crippen LogP contribution in [-0.4, -0.2) is 23.3 Å². The number of carboxylic acid groups (broad SMARTS) is 1. The third-order valence-corrected chi connectivity index (χ3v) is 4.34. The predicted octanol–water partition coefficient (Wildman–Crippen LogP) is 4.45. The number of hydrogen-bond acceptors (Lipinski definition) is 5. The maximum Gasteiger partial charge on any atom is 0.304 e. The van der Waals surface area contributed by atoms with Crippen molar-refractivity contribution in [3.63, 3.8) is 0 Å². The molecule has 0 spiro atoms. The fourth-order valence-corrected chi connectivity index (χ4v) is 2.75. The van der Waals surface area contributed by atoms with Crippen molar-refractivity contribution in [1.82, 2.24) is 5.32 Å². The first kappa shape index (κ1) is 20.4. The molecule has 150 valence electrons. The molecule has 2 aromatic carbocycles. The molecule has 0 aliphatic carbocycles. The van der Waals surface area contributed by atoms with Crippen LogP contribution in [-0.2, 0) is 22.8 Å². The molecule has 0 saturated heterocycles. The minimum absolute atomic E-state index is 0.115. The molecule has 0 saturated carbocycles. The van der Waals surface area contributed by atoms with Gasteiger partial charge in [0.15, 0.2) is 6.61 Å². The molecular formula is C23H24N2O4. The van der Waals surface area contributed by atoms with E-state index in [-0.39, 0.29) is 13.0 Å². The number of hydrogen-bond donors (Lipinski definition) is 2. The van der Waals surface area contributed by atoms with Crippen LogP contribution in [0, 0.1) is 0 Å². The van der Waals surface area contributed by atoms with Gasteiger partial charge >= 0.3 is 5.97 Å². The van der Waals surface area contributed by atoms with Crippen LogP contribution in [0.4, 0.5) is 0 Å². The Morgan fingerprint density at radius 1 is 1.07 bits per heavy atom. The van der Waals surface area contributed by atoms with Gasteiger partial charge in [0.2, 0.25) is 0 Å². The molecule has 0 fully saturated rings. The third-order valence-electron chi connectivity index (χ3n) is 4.34. The third kappa shape index (κ3) is 6.33. The average Bonchev–Trinajstić information content (AvgIpc) is 3.21. The molecule has 2 N–H and O–H groups in total. The first-order chi connectivity index (χ1) is 14.1. The van der Waals surface area contributed by atoms with Crippen LogP contribution in [0.3, 0.4) is 0 Å². The van der Waals surface area contributed by atoms with E-state index in [1.54, 1.807) is 0 Å². The Morgan fingerprint density at radius 3 is 2.55 bits per heavy atom. The molecule has 3 aromatic rings. The van der Waals surface area contributed by atoms with Crippen molar-refractivity contribution in [3.8, 4) is 11.3 Å². The lowest BCUT2D eigenvalue weighted by Crippen LogP contribution is -2.17. The molecule has 1 heterocycles. The fourth-order valence-electron chi connectivity index (χ4n) is 2.75. The summed E-state index contributed by atoms with van der Waals surface area (Å²) >= 11 is 0. The van der Waals surface area contributed by atoms with Crippen LogP contribution in [0.15, 0.2) is 76.3 Å². The van der Waals surface area contributed by atoms with Crippen LogP contribution in [0.1, 0.15) is 30.2 Å². The molecule has 0 aliphatic heterocycles.